The second-order valence-corrected chi connectivity index (χ2v) is 5.82. The van der Waals surface area contributed by atoms with Crippen LogP contribution in [-0.4, -0.2) is 0 Å². The molecule has 4 rings (SSSR count). The molecule has 1 nitrogen and oxygen atoms in total. The molecular formula is C22H18O. The molecule has 3 aromatic rings. The summed E-state index contributed by atoms with van der Waals surface area (Å²) >= 11 is 0. The molecule has 112 valence electrons. The van der Waals surface area contributed by atoms with E-state index in [9.17, 15) is 0 Å². The molecule has 23 heavy (non-hydrogen) atoms. The van der Waals surface area contributed by atoms with Gasteiger partial charge in [-0.3, -0.25) is 0 Å². The van der Waals surface area contributed by atoms with Gasteiger partial charge in [0.15, 0.2) is 0 Å². The Kier molecular flexibility index (Phi) is 3.69. The molecule has 1 heteroatoms. The van der Waals surface area contributed by atoms with Crippen LogP contribution < -0.4 is 4.74 Å². The van der Waals surface area contributed by atoms with Crippen molar-refractivity contribution in [1.29, 1.82) is 0 Å². The van der Waals surface area contributed by atoms with Gasteiger partial charge in [0.05, 0.1) is 0 Å². The Morgan fingerprint density at radius 1 is 0.783 bits per heavy atom. The molecule has 0 saturated heterocycles. The lowest BCUT2D eigenvalue weighted by atomic mass is 10.0. The van der Waals surface area contributed by atoms with Crippen molar-refractivity contribution in [3.05, 3.63) is 95.6 Å². The number of benzene rings is 3. The smallest absolute Gasteiger partial charge is 0.119 e. The maximum Gasteiger partial charge on any atom is 0.119 e. The number of hydrogen-bond donors (Lipinski definition) is 0. The highest BCUT2D eigenvalue weighted by Crippen LogP contribution is 2.28. The second-order valence-electron chi connectivity index (χ2n) is 5.82. The van der Waals surface area contributed by atoms with Gasteiger partial charge in [0.2, 0.25) is 0 Å². The maximum absolute atomic E-state index is 5.85. The lowest BCUT2D eigenvalue weighted by molar-refractivity contribution is 0.306. The fraction of sp³-hybridized carbons (Fsp3) is 0.0909. The second kappa shape index (κ2) is 6.13. The van der Waals surface area contributed by atoms with Gasteiger partial charge < -0.3 is 4.74 Å². The minimum Gasteiger partial charge on any atom is -0.489 e. The molecule has 0 unspecified atom stereocenters. The standard InChI is InChI=1S/C22H18O/c1-2-5-17(6-3-1)16-23-22-13-11-19(12-14-22)21-10-9-18-7-4-8-20(18)15-21/h1-7,9-15H,8,16H2. The quantitative estimate of drug-likeness (QED) is 0.618. The van der Waals surface area contributed by atoms with Crippen molar-refractivity contribution in [2.45, 2.75) is 13.0 Å². The summed E-state index contributed by atoms with van der Waals surface area (Å²) in [5.74, 6) is 0.903. The van der Waals surface area contributed by atoms with E-state index in [2.05, 4.69) is 54.6 Å². The molecule has 3 aromatic carbocycles. The predicted molar refractivity (Wildman–Crippen MR) is 95.4 cm³/mol. The molecule has 0 atom stereocenters. The van der Waals surface area contributed by atoms with Gasteiger partial charge in [-0.25, -0.2) is 0 Å². The summed E-state index contributed by atoms with van der Waals surface area (Å²) < 4.78 is 5.85. The summed E-state index contributed by atoms with van der Waals surface area (Å²) in [6.45, 7) is 0.602. The van der Waals surface area contributed by atoms with Crippen LogP contribution in [0.4, 0.5) is 0 Å². The summed E-state index contributed by atoms with van der Waals surface area (Å²) in [4.78, 5) is 0. The van der Waals surface area contributed by atoms with Crippen molar-refractivity contribution in [3.8, 4) is 16.9 Å². The Bertz CT molecular complexity index is 830. The molecule has 1 aliphatic carbocycles. The van der Waals surface area contributed by atoms with Gasteiger partial charge in [-0.1, -0.05) is 72.8 Å². The molecule has 0 fully saturated rings. The third kappa shape index (κ3) is 3.04. The summed E-state index contributed by atoms with van der Waals surface area (Å²) in [5.41, 5.74) is 6.43. The Labute approximate surface area is 136 Å². The Hall–Kier alpha value is -2.80. The van der Waals surface area contributed by atoms with E-state index in [0.717, 1.165) is 12.2 Å². The highest BCUT2D eigenvalue weighted by Gasteiger charge is 2.07. The number of allylic oxidation sites excluding steroid dienone is 1. The van der Waals surface area contributed by atoms with Crippen molar-refractivity contribution in [2.75, 3.05) is 0 Å². The van der Waals surface area contributed by atoms with Crippen LogP contribution in [0, 0.1) is 0 Å². The summed E-state index contributed by atoms with van der Waals surface area (Å²) in [5, 5.41) is 0. The molecular weight excluding hydrogens is 280 g/mol. The molecule has 0 N–H and O–H groups in total. The lowest BCUT2D eigenvalue weighted by Crippen LogP contribution is -1.94. The normalized spacial score (nSPS) is 12.2. The minimum atomic E-state index is 0.602. The Morgan fingerprint density at radius 3 is 2.39 bits per heavy atom. The van der Waals surface area contributed by atoms with E-state index in [4.69, 9.17) is 4.74 Å². The first-order valence-corrected chi connectivity index (χ1v) is 7.95. The van der Waals surface area contributed by atoms with Crippen LogP contribution in [0.1, 0.15) is 16.7 Å². The number of rotatable bonds is 4. The van der Waals surface area contributed by atoms with Crippen molar-refractivity contribution >= 4 is 6.08 Å². The average molecular weight is 298 g/mol. The van der Waals surface area contributed by atoms with Crippen LogP contribution in [0.3, 0.4) is 0 Å². The molecule has 1 aliphatic rings. The first-order valence-electron chi connectivity index (χ1n) is 7.95. The first kappa shape index (κ1) is 13.8. The van der Waals surface area contributed by atoms with Gasteiger partial charge in [0, 0.05) is 0 Å². The first-order chi connectivity index (χ1) is 11.4. The van der Waals surface area contributed by atoms with Gasteiger partial charge in [-0.15, -0.1) is 0 Å². The summed E-state index contributed by atoms with van der Waals surface area (Å²) in [6, 6.07) is 25.3. The van der Waals surface area contributed by atoms with Crippen LogP contribution in [0.5, 0.6) is 5.75 Å². The van der Waals surface area contributed by atoms with Crippen molar-refractivity contribution in [2.24, 2.45) is 0 Å². The molecule has 0 aromatic heterocycles. The van der Waals surface area contributed by atoms with Crippen LogP contribution >= 0.6 is 0 Å². The predicted octanol–water partition coefficient (Wildman–Crippen LogP) is 5.50. The number of ether oxygens (including phenoxy) is 1. The van der Waals surface area contributed by atoms with Gasteiger partial charge in [0.1, 0.15) is 12.4 Å². The van der Waals surface area contributed by atoms with Crippen LogP contribution in [0.25, 0.3) is 17.2 Å². The Morgan fingerprint density at radius 2 is 1.57 bits per heavy atom. The third-order valence-corrected chi connectivity index (χ3v) is 4.21. The van der Waals surface area contributed by atoms with Crippen LogP contribution in [0.2, 0.25) is 0 Å². The fourth-order valence-electron chi connectivity index (χ4n) is 2.92. The van der Waals surface area contributed by atoms with E-state index in [1.807, 2.05) is 30.3 Å². The zero-order valence-corrected chi connectivity index (χ0v) is 12.9. The zero-order chi connectivity index (χ0) is 15.5. The topological polar surface area (TPSA) is 9.23 Å². The highest BCUT2D eigenvalue weighted by molar-refractivity contribution is 5.70. The highest BCUT2D eigenvalue weighted by atomic mass is 16.5. The molecule has 0 amide bonds. The van der Waals surface area contributed by atoms with Crippen molar-refractivity contribution in [1.82, 2.24) is 0 Å². The number of hydrogen-bond acceptors (Lipinski definition) is 1. The largest absolute Gasteiger partial charge is 0.489 e. The number of fused-ring (bicyclic) bond motifs is 1. The lowest BCUT2D eigenvalue weighted by Gasteiger charge is -2.09. The molecule has 0 radical (unpaired) electrons. The molecule has 0 aliphatic heterocycles. The van der Waals surface area contributed by atoms with Crippen molar-refractivity contribution < 1.29 is 4.74 Å². The van der Waals surface area contributed by atoms with Gasteiger partial charge in [-0.2, -0.15) is 0 Å². The molecule has 0 heterocycles. The maximum atomic E-state index is 5.85. The zero-order valence-electron chi connectivity index (χ0n) is 12.9. The third-order valence-electron chi connectivity index (χ3n) is 4.21. The molecule has 0 spiro atoms. The fourth-order valence-corrected chi connectivity index (χ4v) is 2.92. The van der Waals surface area contributed by atoms with E-state index >= 15 is 0 Å². The molecule has 0 bridgehead atoms. The monoisotopic (exact) mass is 298 g/mol. The SMILES string of the molecule is C1=Cc2ccc(-c3ccc(OCc4ccccc4)cc3)cc2C1. The van der Waals surface area contributed by atoms with Gasteiger partial charge >= 0.3 is 0 Å². The average Bonchev–Trinajstić information content (AvgIpc) is 3.09. The van der Waals surface area contributed by atoms with E-state index in [1.165, 1.54) is 27.8 Å². The van der Waals surface area contributed by atoms with E-state index in [-0.39, 0.29) is 0 Å². The van der Waals surface area contributed by atoms with E-state index in [0.29, 0.717) is 6.61 Å². The summed E-state index contributed by atoms with van der Waals surface area (Å²) in [6.07, 6.45) is 5.45. The van der Waals surface area contributed by atoms with Crippen molar-refractivity contribution in [3.63, 3.8) is 0 Å². The van der Waals surface area contributed by atoms with E-state index < -0.39 is 0 Å². The van der Waals surface area contributed by atoms with Crippen LogP contribution in [0.15, 0.2) is 78.9 Å². The van der Waals surface area contributed by atoms with Crippen LogP contribution in [-0.2, 0) is 13.0 Å². The van der Waals surface area contributed by atoms with Gasteiger partial charge in [0.25, 0.3) is 0 Å². The summed E-state index contributed by atoms with van der Waals surface area (Å²) in [7, 11) is 0. The van der Waals surface area contributed by atoms with E-state index in [1.54, 1.807) is 0 Å². The van der Waals surface area contributed by atoms with Gasteiger partial charge in [-0.05, 0) is 46.4 Å². The minimum absolute atomic E-state index is 0.602. The Balaban J connectivity index is 1.48. The molecule has 0 saturated carbocycles.